The van der Waals surface area contributed by atoms with Crippen molar-refractivity contribution in [3.8, 4) is 11.5 Å². The molecule has 1 unspecified atom stereocenters. The second-order valence-electron chi connectivity index (χ2n) is 5.63. The van der Waals surface area contributed by atoms with Gasteiger partial charge in [0.1, 0.15) is 6.61 Å². The number of carbonyl (C=O) groups is 1. The molecule has 2 aromatic rings. The summed E-state index contributed by atoms with van der Waals surface area (Å²) in [5, 5.41) is 2.72. The van der Waals surface area contributed by atoms with Crippen LogP contribution in [0.2, 0.25) is 0 Å². The SMILES string of the molecule is CN(c1cccc(NC(=O)C2COc3ccccc3O2)c1)S(C)(=O)=O. The second-order valence-corrected chi connectivity index (χ2v) is 7.65. The number of carbonyl (C=O) groups excluding carboxylic acids is 1. The van der Waals surface area contributed by atoms with Crippen molar-refractivity contribution >= 4 is 27.3 Å². The number of hydrogen-bond donors (Lipinski definition) is 1. The van der Waals surface area contributed by atoms with Crippen LogP contribution < -0.4 is 19.1 Å². The number of para-hydroxylation sites is 2. The molecule has 1 heterocycles. The van der Waals surface area contributed by atoms with Crippen LogP contribution in [0.3, 0.4) is 0 Å². The van der Waals surface area contributed by atoms with Gasteiger partial charge in [0, 0.05) is 12.7 Å². The molecule has 1 aliphatic heterocycles. The highest BCUT2D eigenvalue weighted by atomic mass is 32.2. The zero-order chi connectivity index (χ0) is 18.0. The van der Waals surface area contributed by atoms with Crippen LogP contribution in [0.4, 0.5) is 11.4 Å². The lowest BCUT2D eigenvalue weighted by Crippen LogP contribution is -2.40. The first kappa shape index (κ1) is 17.1. The summed E-state index contributed by atoms with van der Waals surface area (Å²) in [5.41, 5.74) is 0.923. The number of fused-ring (bicyclic) bond motifs is 1. The average molecular weight is 362 g/mol. The lowest BCUT2D eigenvalue weighted by molar-refractivity contribution is -0.125. The van der Waals surface area contributed by atoms with Gasteiger partial charge in [-0.3, -0.25) is 9.10 Å². The van der Waals surface area contributed by atoms with E-state index >= 15 is 0 Å². The smallest absolute Gasteiger partial charge is 0.269 e. The predicted octanol–water partition coefficient (Wildman–Crippen LogP) is 1.86. The summed E-state index contributed by atoms with van der Waals surface area (Å²) in [4.78, 5) is 12.4. The maximum atomic E-state index is 12.4. The van der Waals surface area contributed by atoms with E-state index in [4.69, 9.17) is 9.47 Å². The highest BCUT2D eigenvalue weighted by molar-refractivity contribution is 7.92. The molecule has 1 aliphatic rings. The zero-order valence-corrected chi connectivity index (χ0v) is 14.6. The molecule has 7 nitrogen and oxygen atoms in total. The Bertz CT molecular complexity index is 897. The third-order valence-electron chi connectivity index (χ3n) is 3.78. The molecule has 0 fully saturated rings. The molecule has 0 aromatic heterocycles. The number of rotatable bonds is 4. The third kappa shape index (κ3) is 3.85. The number of benzene rings is 2. The largest absolute Gasteiger partial charge is 0.485 e. The minimum absolute atomic E-state index is 0.103. The number of sulfonamides is 1. The Balaban J connectivity index is 1.72. The van der Waals surface area contributed by atoms with Crippen molar-refractivity contribution in [2.75, 3.05) is 29.5 Å². The van der Waals surface area contributed by atoms with E-state index < -0.39 is 16.1 Å². The van der Waals surface area contributed by atoms with Gasteiger partial charge in [0.25, 0.3) is 5.91 Å². The molecule has 0 aliphatic carbocycles. The normalized spacial score (nSPS) is 16.2. The van der Waals surface area contributed by atoms with Crippen LogP contribution in [0.25, 0.3) is 0 Å². The number of ether oxygens (including phenoxy) is 2. The summed E-state index contributed by atoms with van der Waals surface area (Å²) >= 11 is 0. The quantitative estimate of drug-likeness (QED) is 0.897. The lowest BCUT2D eigenvalue weighted by atomic mass is 10.2. The van der Waals surface area contributed by atoms with E-state index in [2.05, 4.69) is 5.32 Å². The third-order valence-corrected chi connectivity index (χ3v) is 4.98. The van der Waals surface area contributed by atoms with E-state index in [1.54, 1.807) is 42.5 Å². The summed E-state index contributed by atoms with van der Waals surface area (Å²) in [7, 11) is -1.93. The molecule has 1 amide bonds. The first-order valence-corrected chi connectivity index (χ1v) is 9.43. The van der Waals surface area contributed by atoms with Crippen molar-refractivity contribution < 1.29 is 22.7 Å². The van der Waals surface area contributed by atoms with E-state index in [0.29, 0.717) is 22.9 Å². The maximum Gasteiger partial charge on any atom is 0.269 e. The Morgan fingerprint density at radius 2 is 1.88 bits per heavy atom. The van der Waals surface area contributed by atoms with Gasteiger partial charge in [-0.1, -0.05) is 18.2 Å². The monoisotopic (exact) mass is 362 g/mol. The molecular formula is C17H18N2O5S. The van der Waals surface area contributed by atoms with Crippen molar-refractivity contribution in [1.29, 1.82) is 0 Å². The van der Waals surface area contributed by atoms with Crippen LogP contribution in [0.15, 0.2) is 48.5 Å². The van der Waals surface area contributed by atoms with Crippen molar-refractivity contribution in [1.82, 2.24) is 0 Å². The molecule has 0 saturated heterocycles. The van der Waals surface area contributed by atoms with Gasteiger partial charge < -0.3 is 14.8 Å². The van der Waals surface area contributed by atoms with E-state index in [-0.39, 0.29) is 12.5 Å². The number of hydrogen-bond acceptors (Lipinski definition) is 5. The summed E-state index contributed by atoms with van der Waals surface area (Å²) in [5.74, 6) is 0.747. The Labute approximate surface area is 146 Å². The molecule has 25 heavy (non-hydrogen) atoms. The minimum atomic E-state index is -3.38. The molecule has 0 radical (unpaired) electrons. The van der Waals surface area contributed by atoms with Crippen LogP contribution in [-0.4, -0.2) is 40.3 Å². The first-order chi connectivity index (χ1) is 11.8. The fraction of sp³-hybridized carbons (Fsp3) is 0.235. The van der Waals surface area contributed by atoms with E-state index in [9.17, 15) is 13.2 Å². The summed E-state index contributed by atoms with van der Waals surface area (Å²) in [6, 6.07) is 13.7. The Hall–Kier alpha value is -2.74. The molecular weight excluding hydrogens is 344 g/mol. The second kappa shape index (κ2) is 6.64. The van der Waals surface area contributed by atoms with Gasteiger partial charge in [0.15, 0.2) is 11.5 Å². The van der Waals surface area contributed by atoms with Gasteiger partial charge >= 0.3 is 0 Å². The highest BCUT2D eigenvalue weighted by Crippen LogP contribution is 2.31. The van der Waals surface area contributed by atoms with Crippen LogP contribution in [0, 0.1) is 0 Å². The van der Waals surface area contributed by atoms with Crippen LogP contribution in [0.1, 0.15) is 0 Å². The summed E-state index contributed by atoms with van der Waals surface area (Å²) < 4.78 is 35.6. The molecule has 0 bridgehead atoms. The average Bonchev–Trinajstić information content (AvgIpc) is 2.60. The van der Waals surface area contributed by atoms with Gasteiger partial charge in [-0.2, -0.15) is 0 Å². The van der Waals surface area contributed by atoms with Gasteiger partial charge in [-0.05, 0) is 30.3 Å². The Kier molecular flexibility index (Phi) is 4.54. The molecule has 0 spiro atoms. The van der Waals surface area contributed by atoms with Crippen molar-refractivity contribution in [2.24, 2.45) is 0 Å². The molecule has 1 atom stereocenters. The highest BCUT2D eigenvalue weighted by Gasteiger charge is 2.27. The molecule has 8 heteroatoms. The summed E-state index contributed by atoms with van der Waals surface area (Å²) in [6.07, 6.45) is 0.328. The predicted molar refractivity (Wildman–Crippen MR) is 94.7 cm³/mol. The van der Waals surface area contributed by atoms with E-state index in [1.807, 2.05) is 6.07 Å². The van der Waals surface area contributed by atoms with Crippen molar-refractivity contribution in [3.63, 3.8) is 0 Å². The van der Waals surface area contributed by atoms with Crippen molar-refractivity contribution in [2.45, 2.75) is 6.10 Å². The summed E-state index contributed by atoms with van der Waals surface area (Å²) in [6.45, 7) is 0.103. The Morgan fingerprint density at radius 3 is 2.60 bits per heavy atom. The molecule has 3 rings (SSSR count). The minimum Gasteiger partial charge on any atom is -0.485 e. The fourth-order valence-corrected chi connectivity index (χ4v) is 2.84. The number of amides is 1. The Morgan fingerprint density at radius 1 is 1.16 bits per heavy atom. The lowest BCUT2D eigenvalue weighted by Gasteiger charge is -2.25. The number of nitrogens with one attached hydrogen (secondary N) is 1. The molecule has 2 aromatic carbocycles. The number of anilines is 2. The topological polar surface area (TPSA) is 84.9 Å². The van der Waals surface area contributed by atoms with Crippen LogP contribution in [-0.2, 0) is 14.8 Å². The zero-order valence-electron chi connectivity index (χ0n) is 13.8. The number of nitrogens with zero attached hydrogens (tertiary/aromatic N) is 1. The molecule has 1 N–H and O–H groups in total. The van der Waals surface area contributed by atoms with E-state index in [1.165, 1.54) is 7.05 Å². The van der Waals surface area contributed by atoms with E-state index in [0.717, 1.165) is 10.6 Å². The molecule has 132 valence electrons. The first-order valence-electron chi connectivity index (χ1n) is 7.58. The molecule has 0 saturated carbocycles. The van der Waals surface area contributed by atoms with Crippen LogP contribution >= 0.6 is 0 Å². The van der Waals surface area contributed by atoms with Gasteiger partial charge in [-0.15, -0.1) is 0 Å². The fourth-order valence-electron chi connectivity index (χ4n) is 2.34. The van der Waals surface area contributed by atoms with Crippen molar-refractivity contribution in [3.05, 3.63) is 48.5 Å². The van der Waals surface area contributed by atoms with Gasteiger partial charge in [-0.25, -0.2) is 8.42 Å². The standard InChI is InChI=1S/C17H18N2O5S/c1-19(25(2,21)22)13-7-5-6-12(10-13)18-17(20)16-11-23-14-8-3-4-9-15(14)24-16/h3-10,16H,11H2,1-2H3,(H,18,20). The van der Waals surface area contributed by atoms with Gasteiger partial charge in [0.05, 0.1) is 11.9 Å². The maximum absolute atomic E-state index is 12.4. The van der Waals surface area contributed by atoms with Gasteiger partial charge in [0.2, 0.25) is 16.1 Å². The van der Waals surface area contributed by atoms with Crippen LogP contribution in [0.5, 0.6) is 11.5 Å².